The number of aromatic nitrogens is 2. The highest BCUT2D eigenvalue weighted by molar-refractivity contribution is 5.84. The number of H-pyrrole nitrogens is 1. The predicted octanol–water partition coefficient (Wildman–Crippen LogP) is 5.25. The van der Waals surface area contributed by atoms with E-state index in [1.54, 1.807) is 24.4 Å². The zero-order valence-electron chi connectivity index (χ0n) is 17.3. The zero-order chi connectivity index (χ0) is 21.6. The number of piperidine rings is 1. The van der Waals surface area contributed by atoms with Crippen LogP contribution in [-0.4, -0.2) is 23.3 Å². The van der Waals surface area contributed by atoms with Gasteiger partial charge in [0.1, 0.15) is 0 Å². The van der Waals surface area contributed by atoms with Gasteiger partial charge in [-0.05, 0) is 54.0 Å². The lowest BCUT2D eigenvalue weighted by Gasteiger charge is -2.43. The summed E-state index contributed by atoms with van der Waals surface area (Å²) in [4.78, 5) is 2.28. The number of hydrogen-bond acceptors (Lipinski definition) is 3. The number of anilines is 1. The van der Waals surface area contributed by atoms with Crippen LogP contribution in [0.4, 0.5) is 14.5 Å². The van der Waals surface area contributed by atoms with Gasteiger partial charge in [-0.3, -0.25) is 5.10 Å². The Morgan fingerprint density at radius 2 is 1.94 bits per heavy atom. The van der Waals surface area contributed by atoms with Crippen molar-refractivity contribution in [1.82, 2.24) is 10.2 Å². The molecule has 4 nitrogen and oxygen atoms in total. The van der Waals surface area contributed by atoms with Crippen molar-refractivity contribution in [2.24, 2.45) is 11.1 Å². The molecule has 1 saturated heterocycles. The predicted molar refractivity (Wildman–Crippen MR) is 119 cm³/mol. The zero-order valence-corrected chi connectivity index (χ0v) is 17.3. The molecule has 3 aromatic rings. The molecule has 6 heteroatoms. The Kier molecular flexibility index (Phi) is 4.89. The van der Waals surface area contributed by atoms with Crippen LogP contribution in [0.15, 0.2) is 61.3 Å². The van der Waals surface area contributed by atoms with Crippen LogP contribution in [0.3, 0.4) is 0 Å². The second kappa shape index (κ2) is 7.61. The molecule has 1 aliphatic carbocycles. The van der Waals surface area contributed by atoms with Crippen LogP contribution in [0.5, 0.6) is 0 Å². The third-order valence-electron chi connectivity index (χ3n) is 7.10. The quantitative estimate of drug-likeness (QED) is 0.606. The molecule has 3 N–H and O–H groups in total. The molecular weight excluding hydrogens is 394 g/mol. The van der Waals surface area contributed by atoms with Gasteiger partial charge in [-0.1, -0.05) is 36.9 Å². The summed E-state index contributed by atoms with van der Waals surface area (Å²) in [5.74, 6) is 0. The first-order valence-corrected chi connectivity index (χ1v) is 10.7. The maximum absolute atomic E-state index is 13.4. The maximum Gasteiger partial charge on any atom is 0.263 e. The van der Waals surface area contributed by atoms with Gasteiger partial charge in [0.25, 0.3) is 6.43 Å². The Labute approximate surface area is 180 Å². The van der Waals surface area contributed by atoms with Crippen LogP contribution in [0, 0.1) is 5.41 Å². The lowest BCUT2D eigenvalue weighted by atomic mass is 9.73. The largest absolute Gasteiger partial charge is 0.371 e. The van der Waals surface area contributed by atoms with Gasteiger partial charge in [-0.25, -0.2) is 8.78 Å². The number of nitrogens with one attached hydrogen (secondary N) is 1. The van der Waals surface area contributed by atoms with Crippen LogP contribution in [0.2, 0.25) is 0 Å². The van der Waals surface area contributed by atoms with Gasteiger partial charge in [0.2, 0.25) is 0 Å². The molecule has 2 heterocycles. The van der Waals surface area contributed by atoms with Crippen LogP contribution < -0.4 is 10.6 Å². The Balaban J connectivity index is 1.42. The van der Waals surface area contributed by atoms with Crippen molar-refractivity contribution >= 4 is 11.3 Å². The number of fused-ring (bicyclic) bond motifs is 1. The van der Waals surface area contributed by atoms with Crippen molar-refractivity contribution in [2.45, 2.75) is 31.7 Å². The molecule has 0 radical (unpaired) electrons. The molecule has 31 heavy (non-hydrogen) atoms. The van der Waals surface area contributed by atoms with Gasteiger partial charge in [-0.2, -0.15) is 5.10 Å². The maximum atomic E-state index is 13.4. The first-order chi connectivity index (χ1) is 15.0. The van der Waals surface area contributed by atoms with Crippen molar-refractivity contribution in [3.05, 3.63) is 89.3 Å². The topological polar surface area (TPSA) is 57.9 Å². The second-order valence-electron chi connectivity index (χ2n) is 8.72. The number of nitrogens with two attached hydrogens (primary N) is 1. The van der Waals surface area contributed by atoms with E-state index in [4.69, 9.17) is 5.73 Å². The summed E-state index contributed by atoms with van der Waals surface area (Å²) >= 11 is 0. The number of benzene rings is 2. The van der Waals surface area contributed by atoms with Crippen molar-refractivity contribution in [2.75, 3.05) is 18.0 Å². The van der Waals surface area contributed by atoms with E-state index < -0.39 is 6.43 Å². The molecule has 0 unspecified atom stereocenters. The monoisotopic (exact) mass is 420 g/mol. The van der Waals surface area contributed by atoms with Gasteiger partial charge in [0.05, 0.1) is 5.69 Å². The standard InChI is InChI=1S/C25H26F2N4/c1-16(21-8-11-29-30-21)20-14-17(24(26)27)6-7-22(20)31-12-9-25(10-13-31)15-18-4-2-3-5-19(18)23(25)28/h2-8,11,14,23-24H,1,9-10,12-13,15,28H2,(H,29,30)/t23-/m1/s1. The van der Waals surface area contributed by atoms with Gasteiger partial charge in [0, 0.05) is 47.7 Å². The fourth-order valence-electron chi connectivity index (χ4n) is 5.27. The van der Waals surface area contributed by atoms with Gasteiger partial charge < -0.3 is 10.6 Å². The molecule has 1 atom stereocenters. The molecule has 0 saturated carbocycles. The lowest BCUT2D eigenvalue weighted by Crippen LogP contribution is -2.44. The molecule has 0 bridgehead atoms. The van der Waals surface area contributed by atoms with E-state index in [1.165, 1.54) is 17.2 Å². The third-order valence-corrected chi connectivity index (χ3v) is 7.10. The van der Waals surface area contributed by atoms with Crippen molar-refractivity contribution < 1.29 is 8.78 Å². The molecule has 1 fully saturated rings. The van der Waals surface area contributed by atoms with Crippen LogP contribution in [0.1, 0.15) is 53.3 Å². The average molecular weight is 421 g/mol. The highest BCUT2D eigenvalue weighted by Gasteiger charge is 2.45. The number of nitrogens with zero attached hydrogens (tertiary/aromatic N) is 2. The highest BCUT2D eigenvalue weighted by Crippen LogP contribution is 2.51. The first kappa shape index (κ1) is 19.9. The fraction of sp³-hybridized carbons (Fsp3) is 0.320. The normalized spacial score (nSPS) is 19.7. The summed E-state index contributed by atoms with van der Waals surface area (Å²) in [7, 11) is 0. The van der Waals surface area contributed by atoms with Gasteiger partial charge in [-0.15, -0.1) is 0 Å². The smallest absolute Gasteiger partial charge is 0.263 e. The second-order valence-corrected chi connectivity index (χ2v) is 8.72. The summed E-state index contributed by atoms with van der Waals surface area (Å²) in [5.41, 5.74) is 12.3. The van der Waals surface area contributed by atoms with Crippen molar-refractivity contribution in [3.8, 4) is 0 Å². The van der Waals surface area contributed by atoms with Crippen molar-refractivity contribution in [1.29, 1.82) is 0 Å². The van der Waals surface area contributed by atoms with Crippen LogP contribution >= 0.6 is 0 Å². The molecule has 0 amide bonds. The fourth-order valence-corrected chi connectivity index (χ4v) is 5.27. The van der Waals surface area contributed by atoms with E-state index in [2.05, 4.69) is 45.9 Å². The Hall–Kier alpha value is -2.99. The lowest BCUT2D eigenvalue weighted by molar-refractivity contribution is 0.151. The molecule has 160 valence electrons. The van der Waals surface area contributed by atoms with E-state index in [-0.39, 0.29) is 17.0 Å². The minimum absolute atomic E-state index is 0.00261. The number of aromatic amines is 1. The first-order valence-electron chi connectivity index (χ1n) is 10.7. The molecular formula is C25H26F2N4. The summed E-state index contributed by atoms with van der Waals surface area (Å²) in [6, 6.07) is 15.2. The molecule has 2 aromatic carbocycles. The van der Waals surface area contributed by atoms with Crippen LogP contribution in [-0.2, 0) is 6.42 Å². The SMILES string of the molecule is C=C(c1cc[nH]n1)c1cc(C(F)F)ccc1N1CCC2(CC1)Cc1ccccc1[C@H]2N. The molecule has 1 spiro atoms. The molecule has 2 aliphatic rings. The van der Waals surface area contributed by atoms with Gasteiger partial charge >= 0.3 is 0 Å². The molecule has 5 rings (SSSR count). The van der Waals surface area contributed by atoms with Crippen molar-refractivity contribution in [3.63, 3.8) is 0 Å². The highest BCUT2D eigenvalue weighted by atomic mass is 19.3. The number of hydrogen-bond donors (Lipinski definition) is 2. The van der Waals surface area contributed by atoms with E-state index in [0.29, 0.717) is 16.8 Å². The van der Waals surface area contributed by atoms with Gasteiger partial charge in [0.15, 0.2) is 0 Å². The number of rotatable bonds is 4. The molecule has 1 aliphatic heterocycles. The summed E-state index contributed by atoms with van der Waals surface area (Å²) in [5, 5.41) is 6.97. The summed E-state index contributed by atoms with van der Waals surface area (Å²) in [6.45, 7) is 5.82. The Morgan fingerprint density at radius 3 is 2.61 bits per heavy atom. The number of alkyl halides is 2. The van der Waals surface area contributed by atoms with E-state index in [9.17, 15) is 8.78 Å². The third kappa shape index (κ3) is 3.35. The average Bonchev–Trinajstić information content (AvgIpc) is 3.41. The summed E-state index contributed by atoms with van der Waals surface area (Å²) < 4.78 is 26.8. The minimum Gasteiger partial charge on any atom is -0.371 e. The number of halogens is 2. The minimum atomic E-state index is -2.53. The van der Waals surface area contributed by atoms with E-state index in [1.807, 2.05) is 0 Å². The van der Waals surface area contributed by atoms with E-state index >= 15 is 0 Å². The molecule has 1 aromatic heterocycles. The Morgan fingerprint density at radius 1 is 1.16 bits per heavy atom. The summed E-state index contributed by atoms with van der Waals surface area (Å²) in [6.07, 6.45) is 2.12. The van der Waals surface area contributed by atoms with Crippen LogP contribution in [0.25, 0.3) is 5.57 Å². The Bertz CT molecular complexity index is 1100. The van der Waals surface area contributed by atoms with E-state index in [0.717, 1.165) is 38.0 Å².